The Morgan fingerprint density at radius 3 is 2.73 bits per heavy atom. The Morgan fingerprint density at radius 2 is 2.00 bits per heavy atom. The van der Waals surface area contributed by atoms with Gasteiger partial charge in [-0.3, -0.25) is 4.79 Å². The Labute approximate surface area is 77.8 Å². The van der Waals surface area contributed by atoms with E-state index in [1.165, 1.54) is 0 Å². The summed E-state index contributed by atoms with van der Waals surface area (Å²) in [7, 11) is 0. The van der Waals surface area contributed by atoms with E-state index in [1.807, 2.05) is 24.3 Å². The van der Waals surface area contributed by atoms with Crippen molar-refractivity contribution in [3.63, 3.8) is 0 Å². The van der Waals surface area contributed by atoms with Crippen LogP contribution in [0.25, 0.3) is 0 Å². The first-order valence-corrected chi connectivity index (χ1v) is 3.24. The number of rotatable bonds is 0. The zero-order valence-electron chi connectivity index (χ0n) is 6.13. The molecule has 1 aliphatic heterocycles. The molecule has 2 rings (SSSR count). The molecule has 2 nitrogen and oxygen atoms in total. The Bertz CT molecular complexity index is 258. The van der Waals surface area contributed by atoms with Crippen LogP contribution >= 0.6 is 0 Å². The molecule has 1 aromatic carbocycles. The summed E-state index contributed by atoms with van der Waals surface area (Å²) in [6.45, 7) is 0. The Hall–Kier alpha value is -0.687. The number of benzene rings is 1. The van der Waals surface area contributed by atoms with E-state index in [1.54, 1.807) is 0 Å². The molecule has 0 aliphatic carbocycles. The Balaban J connectivity index is 0.000000605. The third-order valence-electron chi connectivity index (χ3n) is 1.64. The maximum atomic E-state index is 10.8. The molecule has 0 aromatic heterocycles. The van der Waals surface area contributed by atoms with Gasteiger partial charge >= 0.3 is 0 Å². The van der Waals surface area contributed by atoms with Gasteiger partial charge in [0.1, 0.15) is 0 Å². The first-order chi connectivity index (χ1) is 4.86. The molecular formula is C8H7NOZn. The van der Waals surface area contributed by atoms with Crippen LogP contribution in [0.1, 0.15) is 5.56 Å². The number of anilines is 1. The van der Waals surface area contributed by atoms with Gasteiger partial charge in [0.25, 0.3) is 0 Å². The molecule has 0 saturated carbocycles. The molecule has 1 aromatic rings. The fraction of sp³-hybridized carbons (Fsp3) is 0.125. The smallest absolute Gasteiger partial charge is 0.228 e. The number of amides is 1. The van der Waals surface area contributed by atoms with E-state index in [9.17, 15) is 4.79 Å². The van der Waals surface area contributed by atoms with Crippen LogP contribution in [0.4, 0.5) is 5.69 Å². The maximum Gasteiger partial charge on any atom is 0.228 e. The molecule has 0 radical (unpaired) electrons. The molecule has 11 heavy (non-hydrogen) atoms. The first-order valence-electron chi connectivity index (χ1n) is 3.24. The van der Waals surface area contributed by atoms with Crippen molar-refractivity contribution in [1.29, 1.82) is 0 Å². The number of nitrogens with one attached hydrogen (secondary N) is 1. The summed E-state index contributed by atoms with van der Waals surface area (Å²) < 4.78 is 0. The van der Waals surface area contributed by atoms with Gasteiger partial charge in [-0.25, -0.2) is 0 Å². The van der Waals surface area contributed by atoms with Crippen LogP contribution in [0.2, 0.25) is 0 Å². The van der Waals surface area contributed by atoms with E-state index in [0.29, 0.717) is 6.42 Å². The van der Waals surface area contributed by atoms with Gasteiger partial charge in [0.15, 0.2) is 0 Å². The SMILES string of the molecule is O=C1Cc2ccccc2N1.[Zn]. The van der Waals surface area contributed by atoms with Gasteiger partial charge < -0.3 is 5.32 Å². The second kappa shape index (κ2) is 3.14. The number of hydrogen-bond acceptors (Lipinski definition) is 1. The zero-order valence-corrected chi connectivity index (χ0v) is 9.10. The van der Waals surface area contributed by atoms with Crippen molar-refractivity contribution in [2.24, 2.45) is 0 Å². The molecule has 0 bridgehead atoms. The van der Waals surface area contributed by atoms with Crippen molar-refractivity contribution >= 4 is 11.6 Å². The van der Waals surface area contributed by atoms with Crippen molar-refractivity contribution in [2.45, 2.75) is 6.42 Å². The molecule has 52 valence electrons. The summed E-state index contributed by atoms with van der Waals surface area (Å²) in [6.07, 6.45) is 0.538. The summed E-state index contributed by atoms with van der Waals surface area (Å²) in [5.74, 6) is 0.0983. The van der Waals surface area contributed by atoms with Gasteiger partial charge in [-0.2, -0.15) is 0 Å². The van der Waals surface area contributed by atoms with Gasteiger partial charge in [-0.1, -0.05) is 18.2 Å². The normalized spacial score (nSPS) is 13.3. The van der Waals surface area contributed by atoms with E-state index < -0.39 is 0 Å². The summed E-state index contributed by atoms with van der Waals surface area (Å²) in [6, 6.07) is 7.75. The number of carbonyl (C=O) groups excluding carboxylic acids is 1. The summed E-state index contributed by atoms with van der Waals surface area (Å²) in [5, 5.41) is 2.76. The number of fused-ring (bicyclic) bond motifs is 1. The molecule has 0 atom stereocenters. The van der Waals surface area contributed by atoms with Gasteiger partial charge in [0, 0.05) is 25.2 Å². The van der Waals surface area contributed by atoms with Crippen molar-refractivity contribution in [1.82, 2.24) is 0 Å². The predicted octanol–water partition coefficient (Wildman–Crippen LogP) is 1.18. The Kier molecular flexibility index (Phi) is 2.40. The molecular weight excluding hydrogens is 191 g/mol. The summed E-state index contributed by atoms with van der Waals surface area (Å²) >= 11 is 0. The minimum Gasteiger partial charge on any atom is -0.326 e. The molecule has 0 fully saturated rings. The quantitative estimate of drug-likeness (QED) is 0.623. The molecule has 1 heterocycles. The van der Waals surface area contributed by atoms with Crippen LogP contribution in [0.5, 0.6) is 0 Å². The molecule has 1 N–H and O–H groups in total. The second-order valence-corrected chi connectivity index (χ2v) is 2.38. The van der Waals surface area contributed by atoms with Crippen molar-refractivity contribution < 1.29 is 24.3 Å². The van der Waals surface area contributed by atoms with Gasteiger partial charge in [0.2, 0.25) is 5.91 Å². The molecule has 0 saturated heterocycles. The molecule has 0 unspecified atom stereocenters. The average Bonchev–Trinajstić information content (AvgIpc) is 2.27. The summed E-state index contributed by atoms with van der Waals surface area (Å²) in [5.41, 5.74) is 2.07. The first kappa shape index (κ1) is 8.41. The number of hydrogen-bond donors (Lipinski definition) is 1. The predicted molar refractivity (Wildman–Crippen MR) is 38.8 cm³/mol. The maximum absolute atomic E-state index is 10.8. The van der Waals surface area contributed by atoms with E-state index in [2.05, 4.69) is 5.32 Å². The van der Waals surface area contributed by atoms with Crippen LogP contribution in [0, 0.1) is 0 Å². The molecule has 0 spiro atoms. The fourth-order valence-corrected chi connectivity index (χ4v) is 1.16. The summed E-state index contributed by atoms with van der Waals surface area (Å²) in [4.78, 5) is 10.8. The number of para-hydroxylation sites is 1. The molecule has 1 aliphatic rings. The molecule has 1 amide bonds. The minimum atomic E-state index is 0. The average molecular weight is 199 g/mol. The van der Waals surface area contributed by atoms with Gasteiger partial charge in [-0.15, -0.1) is 0 Å². The second-order valence-electron chi connectivity index (χ2n) is 2.38. The fourth-order valence-electron chi connectivity index (χ4n) is 1.16. The van der Waals surface area contributed by atoms with Crippen LogP contribution in [0.15, 0.2) is 24.3 Å². The van der Waals surface area contributed by atoms with Gasteiger partial charge in [-0.05, 0) is 11.6 Å². The zero-order chi connectivity index (χ0) is 6.97. The van der Waals surface area contributed by atoms with Crippen molar-refractivity contribution in [2.75, 3.05) is 5.32 Å². The van der Waals surface area contributed by atoms with Crippen molar-refractivity contribution in [3.8, 4) is 0 Å². The van der Waals surface area contributed by atoms with Crippen molar-refractivity contribution in [3.05, 3.63) is 29.8 Å². The third-order valence-corrected chi connectivity index (χ3v) is 1.64. The Morgan fingerprint density at radius 1 is 1.27 bits per heavy atom. The monoisotopic (exact) mass is 197 g/mol. The van der Waals surface area contributed by atoms with Crippen LogP contribution in [-0.2, 0) is 30.7 Å². The minimum absolute atomic E-state index is 0. The van der Waals surface area contributed by atoms with E-state index in [4.69, 9.17) is 0 Å². The van der Waals surface area contributed by atoms with E-state index in [0.717, 1.165) is 11.3 Å². The number of carbonyl (C=O) groups is 1. The topological polar surface area (TPSA) is 29.1 Å². The van der Waals surface area contributed by atoms with Crippen LogP contribution in [0.3, 0.4) is 0 Å². The largest absolute Gasteiger partial charge is 0.326 e. The van der Waals surface area contributed by atoms with E-state index >= 15 is 0 Å². The van der Waals surface area contributed by atoms with Crippen LogP contribution < -0.4 is 5.32 Å². The molecule has 3 heteroatoms. The third kappa shape index (κ3) is 1.49. The van der Waals surface area contributed by atoms with E-state index in [-0.39, 0.29) is 25.4 Å². The van der Waals surface area contributed by atoms with Gasteiger partial charge in [0.05, 0.1) is 6.42 Å². The standard InChI is InChI=1S/C8H7NO.Zn/c10-8-5-6-3-1-2-4-7(6)9-8;/h1-4H,5H2,(H,9,10);. The van der Waals surface area contributed by atoms with Crippen LogP contribution in [-0.4, -0.2) is 5.91 Å².